The summed E-state index contributed by atoms with van der Waals surface area (Å²) in [5.74, 6) is 3.54. The molecule has 1 aliphatic carbocycles. The molecule has 3 rings (SSSR count). The van der Waals surface area contributed by atoms with Crippen molar-refractivity contribution >= 4 is 15.9 Å². The van der Waals surface area contributed by atoms with Gasteiger partial charge in [-0.3, -0.25) is 0 Å². The highest BCUT2D eigenvalue weighted by molar-refractivity contribution is 9.09. The molecule has 1 aromatic carbocycles. The van der Waals surface area contributed by atoms with Gasteiger partial charge in [0.15, 0.2) is 11.5 Å². The molecule has 1 fully saturated rings. The number of benzene rings is 1. The van der Waals surface area contributed by atoms with Crippen molar-refractivity contribution in [2.75, 3.05) is 19.2 Å². The predicted molar refractivity (Wildman–Crippen MR) is 72.9 cm³/mol. The van der Waals surface area contributed by atoms with Gasteiger partial charge in [0.25, 0.3) is 0 Å². The average molecular weight is 313 g/mol. The fourth-order valence-electron chi connectivity index (χ4n) is 3.02. The van der Waals surface area contributed by atoms with Gasteiger partial charge in [0.2, 0.25) is 12.5 Å². The minimum atomic E-state index is 0.283. The molecule has 0 bridgehead atoms. The monoisotopic (exact) mass is 312 g/mol. The van der Waals surface area contributed by atoms with Gasteiger partial charge in [-0.1, -0.05) is 29.8 Å². The van der Waals surface area contributed by atoms with E-state index in [1.807, 2.05) is 0 Å². The summed E-state index contributed by atoms with van der Waals surface area (Å²) in [6, 6.07) is 4.18. The molecule has 1 aliphatic heterocycles. The number of alkyl halides is 1. The molecular formula is C14H17BrO3. The van der Waals surface area contributed by atoms with Crippen molar-refractivity contribution < 1.29 is 14.2 Å². The van der Waals surface area contributed by atoms with Crippen LogP contribution in [0, 0.1) is 11.3 Å². The van der Waals surface area contributed by atoms with Crippen LogP contribution in [-0.4, -0.2) is 19.2 Å². The van der Waals surface area contributed by atoms with Crippen molar-refractivity contribution in [1.82, 2.24) is 0 Å². The van der Waals surface area contributed by atoms with E-state index >= 15 is 0 Å². The van der Waals surface area contributed by atoms with Gasteiger partial charge < -0.3 is 14.2 Å². The van der Waals surface area contributed by atoms with Crippen LogP contribution in [0.1, 0.15) is 25.3 Å². The highest BCUT2D eigenvalue weighted by Gasteiger charge is 2.57. The lowest BCUT2D eigenvalue weighted by atomic mass is 10.0. The summed E-state index contributed by atoms with van der Waals surface area (Å²) in [6.07, 6.45) is 0. The van der Waals surface area contributed by atoms with E-state index in [1.165, 1.54) is 5.56 Å². The molecule has 1 saturated carbocycles. The molecule has 0 spiro atoms. The van der Waals surface area contributed by atoms with Crippen LogP contribution in [0.4, 0.5) is 0 Å². The molecule has 1 heterocycles. The molecule has 0 N–H and O–H groups in total. The lowest BCUT2D eigenvalue weighted by Gasteiger charge is -2.09. The van der Waals surface area contributed by atoms with Crippen molar-refractivity contribution in [2.24, 2.45) is 11.3 Å². The summed E-state index contributed by atoms with van der Waals surface area (Å²) in [7, 11) is 1.67. The Labute approximate surface area is 116 Å². The summed E-state index contributed by atoms with van der Waals surface area (Å²) in [5.41, 5.74) is 1.62. The Morgan fingerprint density at radius 1 is 1.39 bits per heavy atom. The molecule has 98 valence electrons. The second-order valence-corrected chi connectivity index (χ2v) is 6.16. The number of ether oxygens (including phenoxy) is 3. The maximum Gasteiger partial charge on any atom is 0.231 e. The maximum absolute atomic E-state index is 5.48. The van der Waals surface area contributed by atoms with Crippen LogP contribution in [0.3, 0.4) is 0 Å². The molecule has 2 atom stereocenters. The topological polar surface area (TPSA) is 27.7 Å². The SMILES string of the molecule is COc1cc(C2C(CBr)C2(C)C)cc2c1OCO2. The van der Waals surface area contributed by atoms with Crippen LogP contribution < -0.4 is 14.2 Å². The van der Waals surface area contributed by atoms with E-state index in [2.05, 4.69) is 41.9 Å². The number of rotatable bonds is 3. The van der Waals surface area contributed by atoms with E-state index in [9.17, 15) is 0 Å². The van der Waals surface area contributed by atoms with Crippen molar-refractivity contribution in [3.05, 3.63) is 17.7 Å². The van der Waals surface area contributed by atoms with E-state index in [0.29, 0.717) is 17.3 Å². The van der Waals surface area contributed by atoms with Gasteiger partial charge in [-0.05, 0) is 34.9 Å². The van der Waals surface area contributed by atoms with E-state index in [-0.39, 0.29) is 6.79 Å². The van der Waals surface area contributed by atoms with Gasteiger partial charge >= 0.3 is 0 Å². The van der Waals surface area contributed by atoms with Crippen LogP contribution >= 0.6 is 15.9 Å². The number of halogens is 1. The minimum Gasteiger partial charge on any atom is -0.493 e. The van der Waals surface area contributed by atoms with Crippen molar-refractivity contribution in [1.29, 1.82) is 0 Å². The van der Waals surface area contributed by atoms with Crippen molar-refractivity contribution in [3.8, 4) is 17.2 Å². The van der Waals surface area contributed by atoms with Gasteiger partial charge in [-0.2, -0.15) is 0 Å². The highest BCUT2D eigenvalue weighted by Crippen LogP contribution is 2.66. The standard InChI is InChI=1S/C14H17BrO3/c1-14(2)9(6-15)12(14)8-4-10(16-3)13-11(5-8)17-7-18-13/h4-5,9,12H,6-7H2,1-3H3. The summed E-state index contributed by atoms with van der Waals surface area (Å²) in [6.45, 7) is 4.90. The molecule has 0 amide bonds. The number of methoxy groups -OCH3 is 1. The first-order valence-electron chi connectivity index (χ1n) is 6.13. The van der Waals surface area contributed by atoms with Gasteiger partial charge in [-0.25, -0.2) is 0 Å². The quantitative estimate of drug-likeness (QED) is 0.799. The highest BCUT2D eigenvalue weighted by atomic mass is 79.9. The first-order valence-corrected chi connectivity index (χ1v) is 7.25. The molecule has 4 heteroatoms. The number of fused-ring (bicyclic) bond motifs is 1. The normalized spacial score (nSPS) is 27.1. The van der Waals surface area contributed by atoms with E-state index < -0.39 is 0 Å². The third-order valence-corrected chi connectivity index (χ3v) is 4.95. The Hall–Kier alpha value is -0.900. The number of hydrogen-bond acceptors (Lipinski definition) is 3. The third-order valence-electron chi connectivity index (χ3n) is 4.26. The predicted octanol–water partition coefficient (Wildman–Crippen LogP) is 3.56. The van der Waals surface area contributed by atoms with Crippen LogP contribution in [0.2, 0.25) is 0 Å². The smallest absolute Gasteiger partial charge is 0.231 e. The average Bonchev–Trinajstić information content (AvgIpc) is 2.73. The fourth-order valence-corrected chi connectivity index (χ4v) is 4.23. The van der Waals surface area contributed by atoms with Gasteiger partial charge in [-0.15, -0.1) is 0 Å². The first kappa shape index (κ1) is 12.2. The second kappa shape index (κ2) is 4.05. The lowest BCUT2D eigenvalue weighted by Crippen LogP contribution is -1.93. The molecule has 3 nitrogen and oxygen atoms in total. The molecular weight excluding hydrogens is 296 g/mol. The molecule has 2 aliphatic rings. The molecule has 18 heavy (non-hydrogen) atoms. The second-order valence-electron chi connectivity index (χ2n) is 5.52. The Balaban J connectivity index is 2.00. The molecule has 0 radical (unpaired) electrons. The lowest BCUT2D eigenvalue weighted by molar-refractivity contribution is 0.171. The maximum atomic E-state index is 5.48. The van der Waals surface area contributed by atoms with Crippen LogP contribution in [-0.2, 0) is 0 Å². The van der Waals surface area contributed by atoms with Gasteiger partial charge in [0.1, 0.15) is 0 Å². The Morgan fingerprint density at radius 2 is 2.17 bits per heavy atom. The Kier molecular flexibility index (Phi) is 2.73. The zero-order valence-corrected chi connectivity index (χ0v) is 12.4. The van der Waals surface area contributed by atoms with Gasteiger partial charge in [0.05, 0.1) is 7.11 Å². The van der Waals surface area contributed by atoms with E-state index in [0.717, 1.165) is 22.6 Å². The van der Waals surface area contributed by atoms with Crippen LogP contribution in [0.25, 0.3) is 0 Å². The molecule has 0 aromatic heterocycles. The largest absolute Gasteiger partial charge is 0.493 e. The fraction of sp³-hybridized carbons (Fsp3) is 0.571. The summed E-state index contributed by atoms with van der Waals surface area (Å²) in [4.78, 5) is 0. The van der Waals surface area contributed by atoms with Crippen LogP contribution in [0.5, 0.6) is 17.2 Å². The van der Waals surface area contributed by atoms with E-state index in [4.69, 9.17) is 14.2 Å². The minimum absolute atomic E-state index is 0.283. The zero-order chi connectivity index (χ0) is 12.9. The first-order chi connectivity index (χ1) is 8.59. The zero-order valence-electron chi connectivity index (χ0n) is 10.8. The molecule has 1 aromatic rings. The van der Waals surface area contributed by atoms with Crippen molar-refractivity contribution in [2.45, 2.75) is 19.8 Å². The molecule has 2 unspecified atom stereocenters. The van der Waals surface area contributed by atoms with Gasteiger partial charge in [0, 0.05) is 5.33 Å². The summed E-state index contributed by atoms with van der Waals surface area (Å²) in [5, 5.41) is 1.03. The summed E-state index contributed by atoms with van der Waals surface area (Å²) >= 11 is 3.60. The molecule has 0 saturated heterocycles. The Morgan fingerprint density at radius 3 is 2.78 bits per heavy atom. The summed E-state index contributed by atoms with van der Waals surface area (Å²) < 4.78 is 16.3. The third kappa shape index (κ3) is 1.62. The van der Waals surface area contributed by atoms with E-state index in [1.54, 1.807) is 7.11 Å². The Bertz CT molecular complexity index is 484. The number of hydrogen-bond donors (Lipinski definition) is 0. The van der Waals surface area contributed by atoms with Crippen molar-refractivity contribution in [3.63, 3.8) is 0 Å². The van der Waals surface area contributed by atoms with Crippen LogP contribution in [0.15, 0.2) is 12.1 Å².